The van der Waals surface area contributed by atoms with E-state index in [9.17, 15) is 9.59 Å². The third-order valence-corrected chi connectivity index (χ3v) is 4.78. The molecule has 0 fully saturated rings. The van der Waals surface area contributed by atoms with E-state index in [2.05, 4.69) is 15.3 Å². The molecule has 0 spiro atoms. The van der Waals surface area contributed by atoms with Crippen LogP contribution in [0.4, 0.5) is 0 Å². The van der Waals surface area contributed by atoms with E-state index in [1.54, 1.807) is 30.1 Å². The molecule has 0 aliphatic carbocycles. The number of carbonyl (C=O) groups is 1. The van der Waals surface area contributed by atoms with Crippen LogP contribution in [0.15, 0.2) is 52.7 Å². The normalized spacial score (nSPS) is 10.7. The maximum absolute atomic E-state index is 12.4. The first-order valence-corrected chi connectivity index (χ1v) is 9.37. The highest BCUT2D eigenvalue weighted by molar-refractivity contribution is 7.98. The Hall–Kier alpha value is -2.80. The first kappa shape index (κ1) is 18.0. The Morgan fingerprint density at radius 1 is 1.27 bits per heavy atom. The number of nitrogens with zero attached hydrogens (tertiary/aromatic N) is 2. The van der Waals surface area contributed by atoms with Gasteiger partial charge in [-0.25, -0.2) is 4.98 Å². The van der Waals surface area contributed by atoms with Gasteiger partial charge in [0, 0.05) is 41.4 Å². The fourth-order valence-electron chi connectivity index (χ4n) is 2.78. The molecule has 0 atom stereocenters. The van der Waals surface area contributed by atoms with E-state index in [-0.39, 0.29) is 18.0 Å². The second kappa shape index (κ2) is 7.61. The minimum absolute atomic E-state index is 0.164. The summed E-state index contributed by atoms with van der Waals surface area (Å²) in [5, 5.41) is 3.70. The van der Waals surface area contributed by atoms with E-state index in [1.807, 2.05) is 49.1 Å². The van der Waals surface area contributed by atoms with Crippen molar-refractivity contribution in [1.82, 2.24) is 19.9 Å². The van der Waals surface area contributed by atoms with Crippen molar-refractivity contribution < 1.29 is 4.79 Å². The number of H-pyrrole nitrogens is 1. The second-order valence-electron chi connectivity index (χ2n) is 5.96. The number of hydrogen-bond acceptors (Lipinski definition) is 4. The molecule has 7 heteroatoms. The number of amides is 1. The van der Waals surface area contributed by atoms with Crippen molar-refractivity contribution in [1.29, 1.82) is 0 Å². The monoisotopic (exact) mass is 368 g/mol. The number of aryl methyl sites for hydroxylation is 2. The highest BCUT2D eigenvalue weighted by atomic mass is 32.2. The van der Waals surface area contributed by atoms with Gasteiger partial charge in [-0.05, 0) is 56.0 Å². The Morgan fingerprint density at radius 3 is 2.65 bits per heavy atom. The van der Waals surface area contributed by atoms with Crippen LogP contribution in [-0.4, -0.2) is 26.7 Å². The molecule has 134 valence electrons. The Balaban J connectivity index is 1.72. The Bertz CT molecular complexity index is 990. The van der Waals surface area contributed by atoms with Crippen molar-refractivity contribution in [2.75, 3.05) is 6.26 Å². The molecular weight excluding hydrogens is 348 g/mol. The molecule has 2 aromatic heterocycles. The van der Waals surface area contributed by atoms with Crippen LogP contribution >= 0.6 is 11.8 Å². The Labute approximate surface area is 155 Å². The van der Waals surface area contributed by atoms with Gasteiger partial charge in [0.25, 0.3) is 11.5 Å². The molecule has 26 heavy (non-hydrogen) atoms. The van der Waals surface area contributed by atoms with E-state index < -0.39 is 0 Å². The minimum atomic E-state index is -0.216. The fraction of sp³-hybridized carbons (Fsp3) is 0.211. The summed E-state index contributed by atoms with van der Waals surface area (Å²) < 4.78 is 1.96. The summed E-state index contributed by atoms with van der Waals surface area (Å²) in [5.74, 6) is -0.216. The zero-order chi connectivity index (χ0) is 18.7. The third-order valence-electron chi connectivity index (χ3n) is 4.12. The molecule has 1 amide bonds. The van der Waals surface area contributed by atoms with E-state index >= 15 is 0 Å². The number of aromatic amines is 1. The van der Waals surface area contributed by atoms with Crippen molar-refractivity contribution in [3.05, 3.63) is 75.5 Å². The Kier molecular flexibility index (Phi) is 5.27. The van der Waals surface area contributed by atoms with Gasteiger partial charge < -0.3 is 10.3 Å². The average Bonchev–Trinajstić information content (AvgIpc) is 3.09. The van der Waals surface area contributed by atoms with Gasteiger partial charge in [0.15, 0.2) is 5.16 Å². The van der Waals surface area contributed by atoms with Gasteiger partial charge in [-0.15, -0.1) is 0 Å². The molecule has 3 aromatic rings. The number of nitrogens with one attached hydrogen (secondary N) is 2. The topological polar surface area (TPSA) is 79.8 Å². The quantitative estimate of drug-likeness (QED) is 0.679. The van der Waals surface area contributed by atoms with Gasteiger partial charge in [-0.2, -0.15) is 0 Å². The van der Waals surface area contributed by atoms with Crippen molar-refractivity contribution >= 4 is 17.7 Å². The largest absolute Gasteiger partial charge is 0.348 e. The summed E-state index contributed by atoms with van der Waals surface area (Å²) in [6.07, 6.45) is 5.59. The molecule has 0 bridgehead atoms. The van der Waals surface area contributed by atoms with Gasteiger partial charge >= 0.3 is 0 Å². The van der Waals surface area contributed by atoms with Crippen molar-refractivity contribution in [2.45, 2.75) is 25.5 Å². The van der Waals surface area contributed by atoms with E-state index in [0.29, 0.717) is 11.1 Å². The lowest BCUT2D eigenvalue weighted by molar-refractivity contribution is 0.0951. The lowest BCUT2D eigenvalue weighted by Gasteiger charge is -2.09. The predicted octanol–water partition coefficient (Wildman–Crippen LogP) is 2.83. The number of aromatic nitrogens is 3. The van der Waals surface area contributed by atoms with Crippen molar-refractivity contribution in [3.63, 3.8) is 0 Å². The molecule has 2 heterocycles. The zero-order valence-corrected chi connectivity index (χ0v) is 15.7. The van der Waals surface area contributed by atoms with Gasteiger partial charge in [-0.1, -0.05) is 11.8 Å². The average molecular weight is 368 g/mol. The number of benzene rings is 1. The highest BCUT2D eigenvalue weighted by Gasteiger charge is 2.10. The third kappa shape index (κ3) is 3.72. The maximum atomic E-state index is 12.4. The van der Waals surface area contributed by atoms with Crippen molar-refractivity contribution in [2.24, 2.45) is 0 Å². The lowest BCUT2D eigenvalue weighted by atomic mass is 10.1. The van der Waals surface area contributed by atoms with Crippen LogP contribution in [0.25, 0.3) is 5.69 Å². The van der Waals surface area contributed by atoms with Crippen molar-refractivity contribution in [3.8, 4) is 5.69 Å². The molecule has 6 nitrogen and oxygen atoms in total. The molecule has 0 saturated carbocycles. The van der Waals surface area contributed by atoms with Crippen LogP contribution in [-0.2, 0) is 6.54 Å². The zero-order valence-electron chi connectivity index (χ0n) is 14.9. The first-order valence-electron chi connectivity index (χ1n) is 8.15. The van der Waals surface area contributed by atoms with E-state index in [0.717, 1.165) is 22.1 Å². The number of thioether (sulfide) groups is 1. The SMILES string of the molecule is CSc1nccn1-c1ccc(C(=O)NCc2c(C)cc(C)[nH]c2=O)cc1. The van der Waals surface area contributed by atoms with Gasteiger partial charge in [0.1, 0.15) is 0 Å². The number of imidazole rings is 1. The molecular formula is C19H20N4O2S. The summed E-state index contributed by atoms with van der Waals surface area (Å²) in [5.41, 5.74) is 3.57. The molecule has 0 saturated heterocycles. The first-order chi connectivity index (χ1) is 12.5. The number of carbonyl (C=O) groups excluding carboxylic acids is 1. The van der Waals surface area contributed by atoms with Gasteiger partial charge in [-0.3, -0.25) is 14.2 Å². The van der Waals surface area contributed by atoms with Gasteiger partial charge in [0.05, 0.1) is 0 Å². The smallest absolute Gasteiger partial charge is 0.253 e. The maximum Gasteiger partial charge on any atom is 0.253 e. The van der Waals surface area contributed by atoms with Crippen LogP contribution in [0.1, 0.15) is 27.2 Å². The fourth-order valence-corrected chi connectivity index (χ4v) is 3.31. The molecule has 0 aliphatic rings. The lowest BCUT2D eigenvalue weighted by Crippen LogP contribution is -2.27. The highest BCUT2D eigenvalue weighted by Crippen LogP contribution is 2.18. The van der Waals surface area contributed by atoms with Crippen LogP contribution < -0.4 is 10.9 Å². The second-order valence-corrected chi connectivity index (χ2v) is 6.73. The standard InChI is InChI=1S/C19H20N4O2S/c1-12-10-13(2)22-18(25)16(12)11-21-17(24)14-4-6-15(7-5-14)23-9-8-20-19(23)26-3/h4-10H,11H2,1-3H3,(H,21,24)(H,22,25). The van der Waals surface area contributed by atoms with Crippen LogP contribution in [0.5, 0.6) is 0 Å². The summed E-state index contributed by atoms with van der Waals surface area (Å²) in [6.45, 7) is 3.90. The molecule has 1 aromatic carbocycles. The number of hydrogen-bond donors (Lipinski definition) is 2. The summed E-state index contributed by atoms with van der Waals surface area (Å²) in [4.78, 5) is 31.4. The predicted molar refractivity (Wildman–Crippen MR) is 103 cm³/mol. The molecule has 2 N–H and O–H groups in total. The molecule has 3 rings (SSSR count). The Morgan fingerprint density at radius 2 is 2.00 bits per heavy atom. The molecule has 0 radical (unpaired) electrons. The van der Waals surface area contributed by atoms with Crippen LogP contribution in [0.3, 0.4) is 0 Å². The van der Waals surface area contributed by atoms with E-state index in [4.69, 9.17) is 0 Å². The number of pyridine rings is 1. The van der Waals surface area contributed by atoms with Crippen LogP contribution in [0.2, 0.25) is 0 Å². The van der Waals surface area contributed by atoms with E-state index in [1.165, 1.54) is 0 Å². The summed E-state index contributed by atoms with van der Waals surface area (Å²) in [6, 6.07) is 9.18. The van der Waals surface area contributed by atoms with Gasteiger partial charge in [0.2, 0.25) is 0 Å². The summed E-state index contributed by atoms with van der Waals surface area (Å²) in [7, 11) is 0. The number of rotatable bonds is 5. The summed E-state index contributed by atoms with van der Waals surface area (Å²) >= 11 is 1.56. The minimum Gasteiger partial charge on any atom is -0.348 e. The molecule has 0 aliphatic heterocycles. The molecule has 0 unspecified atom stereocenters. The van der Waals surface area contributed by atoms with Crippen LogP contribution in [0, 0.1) is 13.8 Å².